The molecule has 1 aromatic heterocycles. The zero-order chi connectivity index (χ0) is 16.4. The highest BCUT2D eigenvalue weighted by Gasteiger charge is 2.30. The highest BCUT2D eigenvalue weighted by molar-refractivity contribution is 7.14. The van der Waals surface area contributed by atoms with Gasteiger partial charge in [0.05, 0.1) is 4.88 Å². The second kappa shape index (κ2) is 7.04. The molecule has 0 bridgehead atoms. The van der Waals surface area contributed by atoms with Gasteiger partial charge in [0.2, 0.25) is 0 Å². The van der Waals surface area contributed by atoms with Crippen LogP contribution < -0.4 is 0 Å². The lowest BCUT2D eigenvalue weighted by molar-refractivity contribution is -0.137. The van der Waals surface area contributed by atoms with Crippen molar-refractivity contribution in [2.75, 3.05) is 6.54 Å². The van der Waals surface area contributed by atoms with E-state index in [9.17, 15) is 9.59 Å². The number of thiophene rings is 1. The number of rotatable bonds is 4. The Kier molecular flexibility index (Phi) is 5.05. The van der Waals surface area contributed by atoms with Crippen molar-refractivity contribution < 1.29 is 14.7 Å². The second-order valence-corrected chi connectivity index (χ2v) is 8.12. The highest BCUT2D eigenvalue weighted by atomic mass is 32.1. The van der Waals surface area contributed by atoms with Gasteiger partial charge in [-0.2, -0.15) is 0 Å². The third-order valence-electron chi connectivity index (χ3n) is 5.12. The molecule has 3 rings (SSSR count). The van der Waals surface area contributed by atoms with E-state index in [1.165, 1.54) is 16.9 Å². The van der Waals surface area contributed by atoms with Crippen molar-refractivity contribution in [2.45, 2.75) is 64.3 Å². The van der Waals surface area contributed by atoms with Crippen molar-refractivity contribution in [2.24, 2.45) is 5.92 Å². The molecular formula is C18H25NO3S. The third kappa shape index (κ3) is 3.77. The minimum Gasteiger partial charge on any atom is -0.481 e. The first-order valence-corrected chi connectivity index (χ1v) is 9.50. The number of nitrogens with zero attached hydrogens (tertiary/aromatic N) is 1. The molecule has 2 unspecified atom stereocenters. The number of aliphatic carboxylic acids is 1. The van der Waals surface area contributed by atoms with Crippen LogP contribution in [0.5, 0.6) is 0 Å². The van der Waals surface area contributed by atoms with E-state index < -0.39 is 5.97 Å². The Bertz CT molecular complexity index is 595. The maximum absolute atomic E-state index is 12.9. The van der Waals surface area contributed by atoms with Crippen LogP contribution in [0.3, 0.4) is 0 Å². The highest BCUT2D eigenvalue weighted by Crippen LogP contribution is 2.34. The number of hydrogen-bond acceptors (Lipinski definition) is 3. The lowest BCUT2D eigenvalue weighted by Gasteiger charge is -2.35. The molecule has 23 heavy (non-hydrogen) atoms. The zero-order valence-electron chi connectivity index (χ0n) is 13.7. The van der Waals surface area contributed by atoms with Crippen molar-refractivity contribution in [3.63, 3.8) is 0 Å². The second-order valence-electron chi connectivity index (χ2n) is 6.99. The van der Waals surface area contributed by atoms with Crippen LogP contribution in [0.2, 0.25) is 0 Å². The predicted molar refractivity (Wildman–Crippen MR) is 91.1 cm³/mol. The van der Waals surface area contributed by atoms with E-state index in [0.29, 0.717) is 12.3 Å². The molecule has 1 amide bonds. The number of aryl methyl sites for hydroxylation is 1. The van der Waals surface area contributed by atoms with E-state index in [0.717, 1.165) is 43.5 Å². The molecule has 126 valence electrons. The Morgan fingerprint density at radius 1 is 1.35 bits per heavy atom. The largest absolute Gasteiger partial charge is 0.481 e. The smallest absolute Gasteiger partial charge is 0.303 e. The monoisotopic (exact) mass is 335 g/mol. The molecule has 0 radical (unpaired) electrons. The molecule has 1 aromatic rings. The SMILES string of the molecule is CC1CCc2sc(C(=O)N3CCCCC3CCC(=O)O)cc2C1. The lowest BCUT2D eigenvalue weighted by Crippen LogP contribution is -2.43. The van der Waals surface area contributed by atoms with E-state index >= 15 is 0 Å². The fourth-order valence-electron chi connectivity index (χ4n) is 3.81. The molecule has 1 N–H and O–H groups in total. The maximum Gasteiger partial charge on any atom is 0.303 e. The molecule has 5 heteroatoms. The van der Waals surface area contributed by atoms with Crippen LogP contribution in [0.25, 0.3) is 0 Å². The number of carbonyl (C=O) groups excluding carboxylic acids is 1. The van der Waals surface area contributed by atoms with Crippen molar-refractivity contribution in [3.05, 3.63) is 21.4 Å². The summed E-state index contributed by atoms with van der Waals surface area (Å²) in [7, 11) is 0. The molecule has 1 fully saturated rings. The number of carboxylic acids is 1. The summed E-state index contributed by atoms with van der Waals surface area (Å²) in [5.74, 6) is 0.0500. The zero-order valence-corrected chi connectivity index (χ0v) is 14.5. The van der Waals surface area contributed by atoms with Gasteiger partial charge in [-0.1, -0.05) is 6.92 Å². The van der Waals surface area contributed by atoms with Crippen LogP contribution in [0.1, 0.15) is 65.6 Å². The van der Waals surface area contributed by atoms with Gasteiger partial charge in [0.15, 0.2) is 0 Å². The topological polar surface area (TPSA) is 57.6 Å². The number of hydrogen-bond donors (Lipinski definition) is 1. The molecule has 0 saturated carbocycles. The number of carbonyl (C=O) groups is 2. The molecule has 1 saturated heterocycles. The van der Waals surface area contributed by atoms with Gasteiger partial charge in [0.1, 0.15) is 0 Å². The first kappa shape index (κ1) is 16.5. The third-order valence-corrected chi connectivity index (χ3v) is 6.34. The predicted octanol–water partition coefficient (Wildman–Crippen LogP) is 3.73. The summed E-state index contributed by atoms with van der Waals surface area (Å²) in [5.41, 5.74) is 1.36. The summed E-state index contributed by atoms with van der Waals surface area (Å²) in [6.45, 7) is 3.04. The molecule has 0 aromatic carbocycles. The Morgan fingerprint density at radius 2 is 2.17 bits per heavy atom. The summed E-state index contributed by atoms with van der Waals surface area (Å²) < 4.78 is 0. The van der Waals surface area contributed by atoms with Crippen LogP contribution >= 0.6 is 11.3 Å². The number of likely N-dealkylation sites (tertiary alicyclic amines) is 1. The molecular weight excluding hydrogens is 310 g/mol. The summed E-state index contributed by atoms with van der Waals surface area (Å²) in [4.78, 5) is 28.0. The Hall–Kier alpha value is -1.36. The quantitative estimate of drug-likeness (QED) is 0.912. The van der Waals surface area contributed by atoms with E-state index in [2.05, 4.69) is 13.0 Å². The van der Waals surface area contributed by atoms with Gasteiger partial charge in [-0.3, -0.25) is 9.59 Å². The summed E-state index contributed by atoms with van der Waals surface area (Å²) in [6.07, 6.45) is 7.16. The van der Waals surface area contributed by atoms with Gasteiger partial charge in [-0.25, -0.2) is 0 Å². The number of piperidine rings is 1. The minimum atomic E-state index is -0.774. The molecule has 1 aliphatic heterocycles. The Balaban J connectivity index is 1.73. The fourth-order valence-corrected chi connectivity index (χ4v) is 4.98. The maximum atomic E-state index is 12.9. The number of fused-ring (bicyclic) bond motifs is 1. The van der Waals surface area contributed by atoms with Crippen molar-refractivity contribution >= 4 is 23.2 Å². The Labute approximate surface area is 141 Å². The van der Waals surface area contributed by atoms with Crippen LogP contribution in [0.15, 0.2) is 6.07 Å². The van der Waals surface area contributed by atoms with Crippen molar-refractivity contribution in [1.29, 1.82) is 0 Å². The van der Waals surface area contributed by atoms with Crippen LogP contribution in [-0.2, 0) is 17.6 Å². The minimum absolute atomic E-state index is 0.0883. The van der Waals surface area contributed by atoms with Gasteiger partial charge in [0, 0.05) is 23.9 Å². The van der Waals surface area contributed by atoms with E-state index in [1.54, 1.807) is 11.3 Å². The molecule has 0 spiro atoms. The lowest BCUT2D eigenvalue weighted by atomic mass is 9.90. The van der Waals surface area contributed by atoms with Crippen molar-refractivity contribution in [1.82, 2.24) is 4.90 Å². The van der Waals surface area contributed by atoms with Crippen LogP contribution in [-0.4, -0.2) is 34.5 Å². The molecule has 2 aliphatic rings. The van der Waals surface area contributed by atoms with E-state index in [4.69, 9.17) is 5.11 Å². The van der Waals surface area contributed by atoms with Gasteiger partial charge >= 0.3 is 5.97 Å². The number of carboxylic acid groups (broad SMARTS) is 1. The van der Waals surface area contributed by atoms with Crippen LogP contribution in [0, 0.1) is 5.92 Å². The molecule has 1 aliphatic carbocycles. The summed E-state index contributed by atoms with van der Waals surface area (Å²) in [6, 6.07) is 2.19. The summed E-state index contributed by atoms with van der Waals surface area (Å²) >= 11 is 1.66. The van der Waals surface area contributed by atoms with Gasteiger partial charge in [-0.15, -0.1) is 11.3 Å². The molecule has 4 nitrogen and oxygen atoms in total. The molecule has 2 heterocycles. The average Bonchev–Trinajstić information content (AvgIpc) is 2.95. The van der Waals surface area contributed by atoms with Gasteiger partial charge in [0.25, 0.3) is 5.91 Å². The van der Waals surface area contributed by atoms with Crippen molar-refractivity contribution in [3.8, 4) is 0 Å². The average molecular weight is 335 g/mol. The first-order chi connectivity index (χ1) is 11.0. The normalized spacial score (nSPS) is 24.3. The van der Waals surface area contributed by atoms with E-state index in [1.807, 2.05) is 4.90 Å². The summed E-state index contributed by atoms with van der Waals surface area (Å²) in [5, 5.41) is 8.92. The number of amides is 1. The molecule has 2 atom stereocenters. The van der Waals surface area contributed by atoms with Gasteiger partial charge < -0.3 is 10.0 Å². The van der Waals surface area contributed by atoms with Gasteiger partial charge in [-0.05, 0) is 62.5 Å². The first-order valence-electron chi connectivity index (χ1n) is 8.69. The fraction of sp³-hybridized carbons (Fsp3) is 0.667. The van der Waals surface area contributed by atoms with E-state index in [-0.39, 0.29) is 18.4 Å². The Morgan fingerprint density at radius 3 is 2.96 bits per heavy atom. The van der Waals surface area contributed by atoms with Crippen LogP contribution in [0.4, 0.5) is 0 Å². The standard InChI is InChI=1S/C18H25NO3S/c1-12-5-7-15-13(10-12)11-16(23-15)18(22)19-9-3-2-4-14(19)6-8-17(20)21/h11-12,14H,2-10H2,1H3,(H,20,21).